The van der Waals surface area contributed by atoms with Gasteiger partial charge in [0.05, 0.1) is 15.8 Å². The van der Waals surface area contributed by atoms with Gasteiger partial charge >= 0.3 is 5.97 Å². The van der Waals surface area contributed by atoms with E-state index in [1.165, 1.54) is 16.4 Å². The molecule has 21 heavy (non-hydrogen) atoms. The van der Waals surface area contributed by atoms with E-state index in [4.69, 9.17) is 16.7 Å². The molecule has 0 saturated carbocycles. The van der Waals surface area contributed by atoms with Gasteiger partial charge in [-0.25, -0.2) is 8.42 Å². The number of aliphatic carboxylic acids is 1. The number of sulfonamides is 1. The summed E-state index contributed by atoms with van der Waals surface area (Å²) in [6.45, 7) is 2.17. The smallest absolute Gasteiger partial charge is 0.307 e. The topological polar surface area (TPSA) is 74.7 Å². The molecule has 1 aliphatic heterocycles. The second kappa shape index (κ2) is 6.24. The standard InChI is InChI=1S/C13H15BrClNO4S/c1-8-4-9(13(17)18)7-16(6-8)21(19,20)10-2-3-11(14)12(15)5-10/h2-3,5,8-9H,4,6-7H2,1H3,(H,17,18). The van der Waals surface area contributed by atoms with Gasteiger partial charge in [-0.2, -0.15) is 4.31 Å². The molecule has 2 atom stereocenters. The van der Waals surface area contributed by atoms with Gasteiger partial charge in [-0.05, 0) is 46.5 Å². The maximum atomic E-state index is 12.6. The van der Waals surface area contributed by atoms with E-state index in [1.807, 2.05) is 6.92 Å². The Hall–Kier alpha value is -0.630. The van der Waals surface area contributed by atoms with Gasteiger partial charge in [0, 0.05) is 17.6 Å². The highest BCUT2D eigenvalue weighted by Gasteiger charge is 2.36. The van der Waals surface area contributed by atoms with Crippen molar-refractivity contribution in [3.63, 3.8) is 0 Å². The highest BCUT2D eigenvalue weighted by molar-refractivity contribution is 9.10. The Morgan fingerprint density at radius 3 is 2.67 bits per heavy atom. The lowest BCUT2D eigenvalue weighted by molar-refractivity contribution is -0.143. The minimum absolute atomic E-state index is 0.000505. The van der Waals surface area contributed by atoms with E-state index in [2.05, 4.69) is 15.9 Å². The zero-order valence-electron chi connectivity index (χ0n) is 11.3. The predicted molar refractivity (Wildman–Crippen MR) is 82.8 cm³/mol. The minimum Gasteiger partial charge on any atom is -0.481 e. The number of carboxylic acid groups (broad SMARTS) is 1. The highest BCUT2D eigenvalue weighted by atomic mass is 79.9. The van der Waals surface area contributed by atoms with Crippen LogP contribution < -0.4 is 0 Å². The van der Waals surface area contributed by atoms with Crippen LogP contribution >= 0.6 is 27.5 Å². The third kappa shape index (κ3) is 3.59. The Labute approximate surface area is 137 Å². The molecule has 0 aliphatic carbocycles. The molecule has 1 aliphatic rings. The minimum atomic E-state index is -3.74. The van der Waals surface area contributed by atoms with Crippen LogP contribution in [-0.2, 0) is 14.8 Å². The number of benzene rings is 1. The lowest BCUT2D eigenvalue weighted by atomic mass is 9.92. The summed E-state index contributed by atoms with van der Waals surface area (Å²) in [4.78, 5) is 11.2. The van der Waals surface area contributed by atoms with E-state index in [1.54, 1.807) is 6.07 Å². The second-order valence-corrected chi connectivity index (χ2v) is 8.47. The van der Waals surface area contributed by atoms with Crippen molar-refractivity contribution in [1.29, 1.82) is 0 Å². The Morgan fingerprint density at radius 2 is 2.10 bits per heavy atom. The van der Waals surface area contributed by atoms with Gasteiger partial charge in [-0.1, -0.05) is 18.5 Å². The summed E-state index contributed by atoms with van der Waals surface area (Å²) in [5.41, 5.74) is 0. The van der Waals surface area contributed by atoms with E-state index in [0.717, 1.165) is 0 Å². The van der Waals surface area contributed by atoms with Crippen molar-refractivity contribution in [1.82, 2.24) is 4.31 Å². The molecule has 8 heteroatoms. The van der Waals surface area contributed by atoms with E-state index in [9.17, 15) is 13.2 Å². The van der Waals surface area contributed by atoms with E-state index in [0.29, 0.717) is 22.5 Å². The van der Waals surface area contributed by atoms with E-state index < -0.39 is 21.9 Å². The fraction of sp³-hybridized carbons (Fsp3) is 0.462. The number of hydrogen-bond acceptors (Lipinski definition) is 3. The zero-order chi connectivity index (χ0) is 15.8. The summed E-state index contributed by atoms with van der Waals surface area (Å²) in [6, 6.07) is 4.40. The van der Waals surface area contributed by atoms with Gasteiger partial charge in [0.15, 0.2) is 0 Å². The third-order valence-electron chi connectivity index (χ3n) is 3.50. The number of nitrogens with zero attached hydrogens (tertiary/aromatic N) is 1. The summed E-state index contributed by atoms with van der Waals surface area (Å²) >= 11 is 9.15. The summed E-state index contributed by atoms with van der Waals surface area (Å²) in [5, 5.41) is 9.44. The Balaban J connectivity index is 2.33. The maximum absolute atomic E-state index is 12.6. The predicted octanol–water partition coefficient (Wildman–Crippen LogP) is 2.83. The van der Waals surface area contributed by atoms with Crippen LogP contribution in [0.2, 0.25) is 5.02 Å². The number of halogens is 2. The van der Waals surface area contributed by atoms with Gasteiger partial charge in [-0.3, -0.25) is 4.79 Å². The molecule has 0 aromatic heterocycles. The molecule has 2 rings (SSSR count). The molecule has 1 heterocycles. The van der Waals surface area contributed by atoms with Gasteiger partial charge in [0.1, 0.15) is 0 Å². The Morgan fingerprint density at radius 1 is 1.43 bits per heavy atom. The van der Waals surface area contributed by atoms with Crippen molar-refractivity contribution in [3.8, 4) is 0 Å². The van der Waals surface area contributed by atoms with Crippen LogP contribution in [0.15, 0.2) is 27.6 Å². The lowest BCUT2D eigenvalue weighted by Crippen LogP contribution is -2.45. The molecule has 1 aromatic carbocycles. The lowest BCUT2D eigenvalue weighted by Gasteiger charge is -2.33. The highest BCUT2D eigenvalue weighted by Crippen LogP contribution is 2.30. The normalized spacial score (nSPS) is 24.0. The van der Waals surface area contributed by atoms with Gasteiger partial charge in [-0.15, -0.1) is 0 Å². The zero-order valence-corrected chi connectivity index (χ0v) is 14.4. The number of rotatable bonds is 3. The van der Waals surface area contributed by atoms with Crippen molar-refractivity contribution >= 4 is 43.5 Å². The van der Waals surface area contributed by atoms with E-state index >= 15 is 0 Å². The largest absolute Gasteiger partial charge is 0.481 e. The first-order chi connectivity index (χ1) is 9.71. The second-order valence-electron chi connectivity index (χ2n) is 5.27. The first-order valence-corrected chi connectivity index (χ1v) is 9.01. The van der Waals surface area contributed by atoms with Crippen LogP contribution in [0.4, 0.5) is 0 Å². The maximum Gasteiger partial charge on any atom is 0.307 e. The molecule has 1 fully saturated rings. The summed E-state index contributed by atoms with van der Waals surface area (Å²) in [5.74, 6) is -1.63. The molecule has 5 nitrogen and oxygen atoms in total. The molecule has 2 unspecified atom stereocenters. The molecule has 1 saturated heterocycles. The van der Waals surface area contributed by atoms with Gasteiger partial charge in [0.25, 0.3) is 0 Å². The molecule has 1 N–H and O–H groups in total. The molecular weight excluding hydrogens is 382 g/mol. The van der Waals surface area contributed by atoms with Crippen molar-refractivity contribution in [3.05, 3.63) is 27.7 Å². The molecule has 0 radical (unpaired) electrons. The van der Waals surface area contributed by atoms with Crippen LogP contribution in [-0.4, -0.2) is 36.9 Å². The number of carboxylic acids is 1. The fourth-order valence-corrected chi connectivity index (χ4v) is 4.59. The van der Waals surface area contributed by atoms with Crippen LogP contribution in [0.1, 0.15) is 13.3 Å². The molecule has 0 amide bonds. The van der Waals surface area contributed by atoms with Crippen molar-refractivity contribution in [2.24, 2.45) is 11.8 Å². The van der Waals surface area contributed by atoms with E-state index in [-0.39, 0.29) is 17.4 Å². The molecule has 0 bridgehead atoms. The van der Waals surface area contributed by atoms with Crippen LogP contribution in [0.3, 0.4) is 0 Å². The molecular formula is C13H15BrClNO4S. The number of piperidine rings is 1. The summed E-state index contributed by atoms with van der Waals surface area (Å²) < 4.78 is 27.1. The Kier molecular flexibility index (Phi) is 4.97. The number of hydrogen-bond donors (Lipinski definition) is 1. The first kappa shape index (κ1) is 16.7. The quantitative estimate of drug-likeness (QED) is 0.852. The van der Waals surface area contributed by atoms with Crippen molar-refractivity contribution in [2.45, 2.75) is 18.2 Å². The molecule has 116 valence electrons. The van der Waals surface area contributed by atoms with Crippen LogP contribution in [0, 0.1) is 11.8 Å². The third-order valence-corrected chi connectivity index (χ3v) is 6.56. The molecule has 0 spiro atoms. The summed E-state index contributed by atoms with van der Waals surface area (Å²) in [7, 11) is -3.74. The SMILES string of the molecule is CC1CC(C(=O)O)CN(S(=O)(=O)c2ccc(Br)c(Cl)c2)C1. The van der Waals surface area contributed by atoms with Crippen LogP contribution in [0.5, 0.6) is 0 Å². The van der Waals surface area contributed by atoms with Crippen molar-refractivity contribution < 1.29 is 18.3 Å². The van der Waals surface area contributed by atoms with Crippen LogP contribution in [0.25, 0.3) is 0 Å². The Bertz CT molecular complexity index is 664. The fourth-order valence-electron chi connectivity index (χ4n) is 2.46. The van der Waals surface area contributed by atoms with Gasteiger partial charge < -0.3 is 5.11 Å². The monoisotopic (exact) mass is 395 g/mol. The summed E-state index contributed by atoms with van der Waals surface area (Å²) in [6.07, 6.45) is 0.489. The molecule has 1 aromatic rings. The average Bonchev–Trinajstić information content (AvgIpc) is 2.41. The van der Waals surface area contributed by atoms with Gasteiger partial charge in [0.2, 0.25) is 10.0 Å². The first-order valence-electron chi connectivity index (χ1n) is 6.40. The number of carbonyl (C=O) groups is 1. The van der Waals surface area contributed by atoms with Crippen molar-refractivity contribution in [2.75, 3.05) is 13.1 Å². The average molecular weight is 397 g/mol.